The first-order chi connectivity index (χ1) is 6.16. The molecular formula is C8H7F2NO2. The first-order valence-electron chi connectivity index (χ1n) is 3.44. The van der Waals surface area contributed by atoms with Gasteiger partial charge in [-0.2, -0.15) is 0 Å². The first kappa shape index (κ1) is 9.60. The molecule has 1 amide bonds. The highest BCUT2D eigenvalue weighted by atomic mass is 19.2. The maximum atomic E-state index is 12.9. The van der Waals surface area contributed by atoms with E-state index in [2.05, 4.69) is 4.84 Å². The van der Waals surface area contributed by atoms with Crippen LogP contribution in [0.4, 0.5) is 8.78 Å². The predicted octanol–water partition coefficient (Wildman–Crippen LogP) is 1.26. The molecule has 0 heterocycles. The zero-order valence-corrected chi connectivity index (χ0v) is 6.80. The van der Waals surface area contributed by atoms with Crippen molar-refractivity contribution in [1.82, 2.24) is 5.48 Å². The van der Waals surface area contributed by atoms with Gasteiger partial charge in [0.15, 0.2) is 11.6 Å². The van der Waals surface area contributed by atoms with Crippen LogP contribution >= 0.6 is 0 Å². The number of carbonyl (C=O) groups excluding carboxylic acids is 1. The van der Waals surface area contributed by atoms with Crippen LogP contribution in [0.1, 0.15) is 10.4 Å². The largest absolute Gasteiger partial charge is 0.277 e. The molecule has 1 aromatic rings. The summed E-state index contributed by atoms with van der Waals surface area (Å²) in [5.74, 6) is -3.07. The summed E-state index contributed by atoms with van der Waals surface area (Å²) in [5, 5.41) is 0. The van der Waals surface area contributed by atoms with Gasteiger partial charge in [0.2, 0.25) is 0 Å². The molecule has 0 aliphatic rings. The van der Waals surface area contributed by atoms with Gasteiger partial charge in [-0.3, -0.25) is 9.63 Å². The molecule has 0 unspecified atom stereocenters. The van der Waals surface area contributed by atoms with Crippen LogP contribution in [-0.4, -0.2) is 13.0 Å². The number of halogens is 2. The lowest BCUT2D eigenvalue weighted by Gasteiger charge is -2.02. The van der Waals surface area contributed by atoms with Crippen molar-refractivity contribution < 1.29 is 18.4 Å². The Kier molecular flexibility index (Phi) is 2.92. The molecule has 1 aromatic carbocycles. The van der Waals surface area contributed by atoms with E-state index in [1.807, 2.05) is 5.48 Å². The smallest absolute Gasteiger partial charge is 0.277 e. The van der Waals surface area contributed by atoms with E-state index in [1.165, 1.54) is 13.2 Å². The fourth-order valence-corrected chi connectivity index (χ4v) is 0.827. The highest BCUT2D eigenvalue weighted by molar-refractivity contribution is 5.93. The minimum atomic E-state index is -1.18. The first-order valence-corrected chi connectivity index (χ1v) is 3.44. The Morgan fingerprint density at radius 3 is 2.77 bits per heavy atom. The van der Waals surface area contributed by atoms with Gasteiger partial charge in [-0.1, -0.05) is 6.07 Å². The van der Waals surface area contributed by atoms with Crippen LogP contribution in [0.2, 0.25) is 0 Å². The van der Waals surface area contributed by atoms with E-state index >= 15 is 0 Å². The average Bonchev–Trinajstić information content (AvgIpc) is 2.10. The summed E-state index contributed by atoms with van der Waals surface area (Å²) in [4.78, 5) is 15.2. The summed E-state index contributed by atoms with van der Waals surface area (Å²) in [6.07, 6.45) is 0. The Morgan fingerprint density at radius 2 is 2.15 bits per heavy atom. The van der Waals surface area contributed by atoms with Crippen LogP contribution in [0.3, 0.4) is 0 Å². The molecule has 0 spiro atoms. The van der Waals surface area contributed by atoms with E-state index in [4.69, 9.17) is 0 Å². The molecule has 0 aliphatic heterocycles. The number of rotatable bonds is 2. The van der Waals surface area contributed by atoms with E-state index < -0.39 is 17.5 Å². The van der Waals surface area contributed by atoms with Crippen LogP contribution < -0.4 is 5.48 Å². The summed E-state index contributed by atoms with van der Waals surface area (Å²) in [6.45, 7) is 0. The Bertz CT molecular complexity index is 328. The molecule has 0 bridgehead atoms. The lowest BCUT2D eigenvalue weighted by atomic mass is 10.2. The molecule has 3 nitrogen and oxygen atoms in total. The van der Waals surface area contributed by atoms with Gasteiger partial charge in [0.05, 0.1) is 12.7 Å². The van der Waals surface area contributed by atoms with Crippen LogP contribution in [0.5, 0.6) is 0 Å². The summed E-state index contributed by atoms with van der Waals surface area (Å²) < 4.78 is 25.5. The molecule has 13 heavy (non-hydrogen) atoms. The van der Waals surface area contributed by atoms with Crippen molar-refractivity contribution in [2.24, 2.45) is 0 Å². The van der Waals surface area contributed by atoms with Crippen molar-refractivity contribution in [2.75, 3.05) is 7.11 Å². The van der Waals surface area contributed by atoms with Crippen LogP contribution in [0, 0.1) is 11.6 Å². The molecule has 0 saturated heterocycles. The zero-order valence-electron chi connectivity index (χ0n) is 6.80. The second-order valence-corrected chi connectivity index (χ2v) is 2.24. The van der Waals surface area contributed by atoms with Crippen molar-refractivity contribution in [2.45, 2.75) is 0 Å². The van der Waals surface area contributed by atoms with E-state index in [9.17, 15) is 13.6 Å². The number of benzene rings is 1. The van der Waals surface area contributed by atoms with Crippen LogP contribution in [0.25, 0.3) is 0 Å². The van der Waals surface area contributed by atoms with E-state index in [0.717, 1.165) is 12.1 Å². The van der Waals surface area contributed by atoms with Gasteiger partial charge in [0, 0.05) is 0 Å². The summed E-state index contributed by atoms with van der Waals surface area (Å²) in [5.41, 5.74) is 1.50. The normalized spacial score (nSPS) is 9.77. The van der Waals surface area contributed by atoms with Gasteiger partial charge in [-0.15, -0.1) is 0 Å². The highest BCUT2D eigenvalue weighted by Gasteiger charge is 2.14. The maximum absolute atomic E-state index is 12.9. The molecule has 5 heteroatoms. The summed E-state index contributed by atoms with van der Waals surface area (Å²) in [7, 11) is 1.20. The van der Waals surface area contributed by atoms with Crippen LogP contribution in [-0.2, 0) is 4.84 Å². The van der Waals surface area contributed by atoms with Crippen molar-refractivity contribution in [1.29, 1.82) is 0 Å². The van der Waals surface area contributed by atoms with E-state index in [1.54, 1.807) is 0 Å². The van der Waals surface area contributed by atoms with Gasteiger partial charge < -0.3 is 0 Å². The third-order valence-corrected chi connectivity index (χ3v) is 1.39. The van der Waals surface area contributed by atoms with Crippen molar-refractivity contribution >= 4 is 5.91 Å². The van der Waals surface area contributed by atoms with E-state index in [0.29, 0.717) is 0 Å². The second-order valence-electron chi connectivity index (χ2n) is 2.24. The van der Waals surface area contributed by atoms with Crippen molar-refractivity contribution in [3.63, 3.8) is 0 Å². The molecular weight excluding hydrogens is 180 g/mol. The van der Waals surface area contributed by atoms with Crippen molar-refractivity contribution in [3.8, 4) is 0 Å². The third-order valence-electron chi connectivity index (χ3n) is 1.39. The van der Waals surface area contributed by atoms with Gasteiger partial charge in [0.25, 0.3) is 5.91 Å². The van der Waals surface area contributed by atoms with Gasteiger partial charge in [0.1, 0.15) is 0 Å². The Labute approximate surface area is 73.3 Å². The van der Waals surface area contributed by atoms with Gasteiger partial charge >= 0.3 is 0 Å². The SMILES string of the molecule is CONC(=O)c1cccc(F)c1F. The third kappa shape index (κ3) is 2.00. The summed E-state index contributed by atoms with van der Waals surface area (Å²) in [6, 6.07) is 3.33. The highest BCUT2D eigenvalue weighted by Crippen LogP contribution is 2.10. The number of hydrogen-bond donors (Lipinski definition) is 1. The summed E-state index contributed by atoms with van der Waals surface area (Å²) >= 11 is 0. The Morgan fingerprint density at radius 1 is 1.46 bits per heavy atom. The van der Waals surface area contributed by atoms with Crippen LogP contribution in [0.15, 0.2) is 18.2 Å². The fraction of sp³-hybridized carbons (Fsp3) is 0.125. The monoisotopic (exact) mass is 187 g/mol. The Hall–Kier alpha value is -1.49. The lowest BCUT2D eigenvalue weighted by Crippen LogP contribution is -2.23. The van der Waals surface area contributed by atoms with Crippen molar-refractivity contribution in [3.05, 3.63) is 35.4 Å². The molecule has 70 valence electrons. The number of amides is 1. The average molecular weight is 187 g/mol. The molecule has 0 aliphatic carbocycles. The number of nitrogens with one attached hydrogen (secondary N) is 1. The predicted molar refractivity (Wildman–Crippen MR) is 40.8 cm³/mol. The molecule has 0 atom stereocenters. The molecule has 1 rings (SSSR count). The molecule has 0 aromatic heterocycles. The van der Waals surface area contributed by atoms with Gasteiger partial charge in [-0.25, -0.2) is 14.3 Å². The minimum absolute atomic E-state index is 0.387. The number of hydroxylamine groups is 1. The second kappa shape index (κ2) is 3.95. The molecule has 0 saturated carbocycles. The quantitative estimate of drug-likeness (QED) is 0.708. The topological polar surface area (TPSA) is 38.3 Å². The Balaban J connectivity index is 3.01. The molecule has 0 radical (unpaired) electrons. The number of hydrogen-bond acceptors (Lipinski definition) is 2. The van der Waals surface area contributed by atoms with Gasteiger partial charge in [-0.05, 0) is 12.1 Å². The fourth-order valence-electron chi connectivity index (χ4n) is 0.827. The van der Waals surface area contributed by atoms with E-state index in [-0.39, 0.29) is 5.56 Å². The number of carbonyl (C=O) groups is 1. The molecule has 0 fully saturated rings. The maximum Gasteiger partial charge on any atom is 0.277 e. The zero-order chi connectivity index (χ0) is 9.84. The lowest BCUT2D eigenvalue weighted by molar-refractivity contribution is 0.0532. The molecule has 1 N–H and O–H groups in total. The minimum Gasteiger partial charge on any atom is -0.277 e. The standard InChI is InChI=1S/C8H7F2NO2/c1-13-11-8(12)5-3-2-4-6(9)7(5)10/h2-4H,1H3,(H,11,12).